The van der Waals surface area contributed by atoms with Crippen molar-refractivity contribution in [2.45, 2.75) is 18.2 Å². The fraction of sp³-hybridized carbons (Fsp3) is 0.167. The molecule has 0 amide bonds. The summed E-state index contributed by atoms with van der Waals surface area (Å²) in [7, 11) is -3.54. The van der Waals surface area contributed by atoms with E-state index in [1.807, 2.05) is 31.2 Å². The lowest BCUT2D eigenvalue weighted by molar-refractivity contribution is 0.112. The van der Waals surface area contributed by atoms with E-state index in [0.29, 0.717) is 11.3 Å². The average Bonchev–Trinajstić information content (AvgIpc) is 2.93. The maximum Gasteiger partial charge on any atom is 0.240 e. The molecule has 0 spiro atoms. The van der Waals surface area contributed by atoms with Crippen molar-refractivity contribution in [2.75, 3.05) is 6.54 Å². The molecule has 0 radical (unpaired) electrons. The monoisotopic (exact) mass is 359 g/mol. The van der Waals surface area contributed by atoms with E-state index in [1.54, 1.807) is 24.3 Å². The number of nitrogens with one attached hydrogen (secondary N) is 1. The highest BCUT2D eigenvalue weighted by atomic mass is 32.2. The van der Waals surface area contributed by atoms with Crippen LogP contribution in [0.2, 0.25) is 0 Å². The number of fused-ring (bicyclic) bond motifs is 1. The Balaban J connectivity index is 1.77. The van der Waals surface area contributed by atoms with Crippen LogP contribution in [0.15, 0.2) is 53.4 Å². The molecular formula is C18H17NO3S2. The van der Waals surface area contributed by atoms with Gasteiger partial charge in [0.15, 0.2) is 6.29 Å². The Morgan fingerprint density at radius 3 is 2.50 bits per heavy atom. The molecule has 124 valence electrons. The van der Waals surface area contributed by atoms with E-state index >= 15 is 0 Å². The number of carbonyl (C=O) groups is 1. The van der Waals surface area contributed by atoms with E-state index in [-0.39, 0.29) is 11.4 Å². The van der Waals surface area contributed by atoms with Crippen molar-refractivity contribution in [2.24, 2.45) is 0 Å². The molecule has 3 aromatic rings. The normalized spacial score (nSPS) is 11.7. The minimum atomic E-state index is -3.54. The first-order valence-corrected chi connectivity index (χ1v) is 9.83. The van der Waals surface area contributed by atoms with Gasteiger partial charge in [-0.05, 0) is 42.5 Å². The van der Waals surface area contributed by atoms with Crippen LogP contribution in [0.4, 0.5) is 0 Å². The molecule has 24 heavy (non-hydrogen) atoms. The molecular weight excluding hydrogens is 342 g/mol. The van der Waals surface area contributed by atoms with Crippen LogP contribution in [0.3, 0.4) is 0 Å². The second kappa shape index (κ2) is 6.84. The van der Waals surface area contributed by atoms with E-state index in [1.165, 1.54) is 11.3 Å². The summed E-state index contributed by atoms with van der Waals surface area (Å²) in [4.78, 5) is 12.2. The van der Waals surface area contributed by atoms with Gasteiger partial charge < -0.3 is 0 Å². The zero-order valence-corrected chi connectivity index (χ0v) is 14.8. The third-order valence-electron chi connectivity index (χ3n) is 3.83. The van der Waals surface area contributed by atoms with Crippen molar-refractivity contribution in [3.8, 4) is 0 Å². The Kier molecular flexibility index (Phi) is 4.80. The van der Waals surface area contributed by atoms with Gasteiger partial charge in [0.1, 0.15) is 0 Å². The first-order chi connectivity index (χ1) is 11.5. The standard InChI is InChI=1S/C18H17NO3S2/c1-13-6-8-14(9-7-13)24(21,22)19-11-10-16-15-4-2-3-5-17(15)23-18(16)12-20/h2-9,12,19H,10-11H2,1H3. The number of hydrogen-bond acceptors (Lipinski definition) is 4. The molecule has 2 aromatic carbocycles. The number of aldehydes is 1. The molecule has 0 bridgehead atoms. The van der Waals surface area contributed by atoms with Gasteiger partial charge in [-0.15, -0.1) is 11.3 Å². The summed E-state index contributed by atoms with van der Waals surface area (Å²) in [6.45, 7) is 2.16. The molecule has 3 rings (SSSR count). The second-order valence-electron chi connectivity index (χ2n) is 5.52. The summed E-state index contributed by atoms with van der Waals surface area (Å²) in [5.74, 6) is 0. The Morgan fingerprint density at radius 1 is 1.08 bits per heavy atom. The smallest absolute Gasteiger partial charge is 0.240 e. The first kappa shape index (κ1) is 16.8. The van der Waals surface area contributed by atoms with Gasteiger partial charge in [-0.2, -0.15) is 0 Å². The molecule has 0 aliphatic heterocycles. The first-order valence-electron chi connectivity index (χ1n) is 7.53. The van der Waals surface area contributed by atoms with Gasteiger partial charge in [0.2, 0.25) is 10.0 Å². The fourth-order valence-corrected chi connectivity index (χ4v) is 4.68. The van der Waals surface area contributed by atoms with Crippen molar-refractivity contribution < 1.29 is 13.2 Å². The third-order valence-corrected chi connectivity index (χ3v) is 6.45. The van der Waals surface area contributed by atoms with Gasteiger partial charge in [-0.25, -0.2) is 13.1 Å². The third kappa shape index (κ3) is 3.40. The zero-order chi connectivity index (χ0) is 17.2. The predicted molar refractivity (Wildman–Crippen MR) is 97.3 cm³/mol. The fourth-order valence-electron chi connectivity index (χ4n) is 2.58. The molecule has 0 atom stereocenters. The summed E-state index contributed by atoms with van der Waals surface area (Å²) in [6.07, 6.45) is 1.32. The van der Waals surface area contributed by atoms with E-state index in [4.69, 9.17) is 0 Å². The summed E-state index contributed by atoms with van der Waals surface area (Å²) in [5.41, 5.74) is 1.91. The van der Waals surface area contributed by atoms with Crippen LogP contribution in [0.5, 0.6) is 0 Å². The molecule has 0 aliphatic rings. The van der Waals surface area contributed by atoms with Crippen LogP contribution in [0, 0.1) is 6.92 Å². The van der Waals surface area contributed by atoms with Crippen LogP contribution in [0.25, 0.3) is 10.1 Å². The maximum absolute atomic E-state index is 12.3. The summed E-state index contributed by atoms with van der Waals surface area (Å²) < 4.78 is 28.3. The van der Waals surface area contributed by atoms with E-state index < -0.39 is 10.0 Å². The highest BCUT2D eigenvalue weighted by Gasteiger charge is 2.15. The van der Waals surface area contributed by atoms with Crippen LogP contribution in [-0.2, 0) is 16.4 Å². The minimum absolute atomic E-state index is 0.248. The summed E-state index contributed by atoms with van der Waals surface area (Å²) in [5, 5.41) is 1.01. The quantitative estimate of drug-likeness (QED) is 0.685. The largest absolute Gasteiger partial charge is 0.297 e. The van der Waals surface area contributed by atoms with Crippen molar-refractivity contribution >= 4 is 37.7 Å². The van der Waals surface area contributed by atoms with Crippen LogP contribution >= 0.6 is 11.3 Å². The van der Waals surface area contributed by atoms with Gasteiger partial charge in [0.05, 0.1) is 9.77 Å². The zero-order valence-electron chi connectivity index (χ0n) is 13.2. The molecule has 1 N–H and O–H groups in total. The molecule has 0 unspecified atom stereocenters. The van der Waals surface area contributed by atoms with Crippen LogP contribution in [-0.4, -0.2) is 21.2 Å². The molecule has 0 fully saturated rings. The number of aryl methyl sites for hydroxylation is 1. The average molecular weight is 359 g/mol. The lowest BCUT2D eigenvalue weighted by atomic mass is 10.1. The van der Waals surface area contributed by atoms with E-state index in [0.717, 1.165) is 27.5 Å². The SMILES string of the molecule is Cc1ccc(S(=O)(=O)NCCc2c(C=O)sc3ccccc23)cc1. The number of rotatable bonds is 6. The highest BCUT2D eigenvalue weighted by Crippen LogP contribution is 2.30. The second-order valence-corrected chi connectivity index (χ2v) is 8.37. The number of benzene rings is 2. The van der Waals surface area contributed by atoms with Crippen LogP contribution < -0.4 is 4.72 Å². The topological polar surface area (TPSA) is 63.2 Å². The highest BCUT2D eigenvalue weighted by molar-refractivity contribution is 7.89. The number of hydrogen-bond donors (Lipinski definition) is 1. The molecule has 1 aromatic heterocycles. The minimum Gasteiger partial charge on any atom is -0.297 e. The summed E-state index contributed by atoms with van der Waals surface area (Å²) in [6, 6.07) is 14.5. The summed E-state index contributed by atoms with van der Waals surface area (Å²) >= 11 is 1.43. The maximum atomic E-state index is 12.3. The lowest BCUT2D eigenvalue weighted by Gasteiger charge is -2.07. The lowest BCUT2D eigenvalue weighted by Crippen LogP contribution is -2.26. The molecule has 6 heteroatoms. The molecule has 4 nitrogen and oxygen atoms in total. The molecule has 0 saturated heterocycles. The predicted octanol–water partition coefficient (Wildman–Crippen LogP) is 3.54. The Hall–Kier alpha value is -2.02. The van der Waals surface area contributed by atoms with E-state index in [9.17, 15) is 13.2 Å². The Labute approximate surface area is 145 Å². The van der Waals surface area contributed by atoms with Gasteiger partial charge in [0.25, 0.3) is 0 Å². The molecule has 0 aliphatic carbocycles. The number of thiophene rings is 1. The van der Waals surface area contributed by atoms with Crippen molar-refractivity contribution in [3.63, 3.8) is 0 Å². The Bertz CT molecular complexity index is 973. The molecule has 0 saturated carbocycles. The van der Waals surface area contributed by atoms with Crippen LogP contribution in [0.1, 0.15) is 20.8 Å². The molecule has 1 heterocycles. The van der Waals surface area contributed by atoms with Gasteiger partial charge in [0, 0.05) is 11.2 Å². The van der Waals surface area contributed by atoms with Gasteiger partial charge in [-0.3, -0.25) is 4.79 Å². The van der Waals surface area contributed by atoms with Crippen molar-refractivity contribution in [3.05, 3.63) is 64.5 Å². The van der Waals surface area contributed by atoms with Crippen molar-refractivity contribution in [1.82, 2.24) is 4.72 Å². The number of sulfonamides is 1. The van der Waals surface area contributed by atoms with E-state index in [2.05, 4.69) is 4.72 Å². The van der Waals surface area contributed by atoms with Crippen molar-refractivity contribution in [1.29, 1.82) is 0 Å². The Morgan fingerprint density at radius 2 is 1.79 bits per heavy atom. The van der Waals surface area contributed by atoms with Gasteiger partial charge >= 0.3 is 0 Å². The number of carbonyl (C=O) groups excluding carboxylic acids is 1. The van der Waals surface area contributed by atoms with Gasteiger partial charge in [-0.1, -0.05) is 35.9 Å².